The summed E-state index contributed by atoms with van der Waals surface area (Å²) >= 11 is 6.08. The van der Waals surface area contributed by atoms with E-state index in [-0.39, 0.29) is 18.1 Å². The lowest BCUT2D eigenvalue weighted by molar-refractivity contribution is -0.123. The summed E-state index contributed by atoms with van der Waals surface area (Å²) in [5, 5.41) is 23.6. The number of nitrogens with zero attached hydrogens (tertiary/aromatic N) is 1. The maximum atomic E-state index is 11.8. The Morgan fingerprint density at radius 3 is 2.40 bits per heavy atom. The van der Waals surface area contributed by atoms with E-state index in [4.69, 9.17) is 16.3 Å². The van der Waals surface area contributed by atoms with Crippen LogP contribution in [0.15, 0.2) is 29.4 Å². The van der Waals surface area contributed by atoms with Crippen LogP contribution in [-0.4, -0.2) is 28.9 Å². The van der Waals surface area contributed by atoms with Gasteiger partial charge in [-0.3, -0.25) is 4.79 Å². The first-order chi connectivity index (χ1) is 11.8. The number of aromatic hydroxyl groups is 2. The first kappa shape index (κ1) is 18.6. The Hall–Kier alpha value is -2.73. The van der Waals surface area contributed by atoms with Gasteiger partial charge in [0.15, 0.2) is 6.61 Å². The maximum Gasteiger partial charge on any atom is 0.277 e. The van der Waals surface area contributed by atoms with E-state index in [1.54, 1.807) is 19.1 Å². The molecule has 0 aliphatic carbocycles. The predicted molar refractivity (Wildman–Crippen MR) is 96.7 cm³/mol. The Labute approximate surface area is 150 Å². The Bertz CT molecular complexity index is 788. The highest BCUT2D eigenvalue weighted by Crippen LogP contribution is 2.26. The number of hydrazone groups is 1. The third-order valence-electron chi connectivity index (χ3n) is 3.51. The Kier molecular flexibility index (Phi) is 5.88. The first-order valence-corrected chi connectivity index (χ1v) is 7.89. The molecule has 2 aromatic carbocycles. The van der Waals surface area contributed by atoms with E-state index in [0.717, 1.165) is 11.1 Å². The van der Waals surface area contributed by atoms with Crippen LogP contribution in [0.5, 0.6) is 17.2 Å². The number of amides is 1. The fraction of sp³-hybridized carbons (Fsp3) is 0.222. The van der Waals surface area contributed by atoms with Crippen molar-refractivity contribution in [2.75, 3.05) is 6.61 Å². The maximum absolute atomic E-state index is 11.8. The lowest BCUT2D eigenvalue weighted by Gasteiger charge is -2.09. The van der Waals surface area contributed by atoms with Crippen molar-refractivity contribution in [3.05, 3.63) is 51.5 Å². The van der Waals surface area contributed by atoms with Gasteiger partial charge < -0.3 is 14.9 Å². The molecule has 0 heterocycles. The van der Waals surface area contributed by atoms with E-state index in [0.29, 0.717) is 21.9 Å². The third kappa shape index (κ3) is 4.87. The highest BCUT2D eigenvalue weighted by Gasteiger charge is 2.07. The molecule has 2 rings (SSSR count). The molecule has 0 bridgehead atoms. The van der Waals surface area contributed by atoms with Crippen molar-refractivity contribution in [3.8, 4) is 17.2 Å². The van der Waals surface area contributed by atoms with Gasteiger partial charge >= 0.3 is 0 Å². The molecule has 3 N–H and O–H groups in total. The smallest absolute Gasteiger partial charge is 0.277 e. The summed E-state index contributed by atoms with van der Waals surface area (Å²) in [5.74, 6) is -0.0695. The molecule has 1 amide bonds. The lowest BCUT2D eigenvalue weighted by Crippen LogP contribution is -2.24. The molecular weight excluding hydrogens is 344 g/mol. The topological polar surface area (TPSA) is 91.2 Å². The highest BCUT2D eigenvalue weighted by molar-refractivity contribution is 6.32. The number of phenols is 2. The number of ether oxygens (including phenoxy) is 1. The molecule has 0 unspecified atom stereocenters. The molecule has 0 spiro atoms. The molecule has 0 saturated heterocycles. The predicted octanol–water partition coefficient (Wildman–Crippen LogP) is 3.21. The minimum atomic E-state index is -0.447. The number of benzene rings is 2. The van der Waals surface area contributed by atoms with Gasteiger partial charge in [-0.1, -0.05) is 11.6 Å². The number of carbonyl (C=O) groups is 1. The zero-order chi connectivity index (χ0) is 18.6. The zero-order valence-electron chi connectivity index (χ0n) is 14.1. The van der Waals surface area contributed by atoms with Gasteiger partial charge in [0.25, 0.3) is 5.91 Å². The summed E-state index contributed by atoms with van der Waals surface area (Å²) in [6.45, 7) is 5.22. The van der Waals surface area contributed by atoms with E-state index in [9.17, 15) is 15.0 Å². The molecular formula is C18H19ClN2O4. The fourth-order valence-corrected chi connectivity index (χ4v) is 2.38. The van der Waals surface area contributed by atoms with E-state index < -0.39 is 5.91 Å². The van der Waals surface area contributed by atoms with Crippen LogP contribution in [0.4, 0.5) is 0 Å². The van der Waals surface area contributed by atoms with E-state index in [1.807, 2.05) is 13.8 Å². The van der Waals surface area contributed by atoms with Crippen LogP contribution in [0.25, 0.3) is 0 Å². The number of halogens is 1. The monoisotopic (exact) mass is 362 g/mol. The molecule has 2 aromatic rings. The molecule has 0 radical (unpaired) electrons. The average molecular weight is 363 g/mol. The molecule has 132 valence electrons. The number of nitrogens with one attached hydrogen (secondary N) is 1. The second kappa shape index (κ2) is 7.90. The zero-order valence-corrected chi connectivity index (χ0v) is 14.9. The Morgan fingerprint density at radius 2 is 1.80 bits per heavy atom. The fourth-order valence-electron chi connectivity index (χ4n) is 2.27. The van der Waals surface area contributed by atoms with Gasteiger partial charge in [-0.25, -0.2) is 5.43 Å². The second-order valence-corrected chi connectivity index (χ2v) is 6.03. The molecule has 0 aromatic heterocycles. The molecule has 0 atom stereocenters. The molecule has 0 aliphatic rings. The van der Waals surface area contributed by atoms with Gasteiger partial charge in [0.2, 0.25) is 0 Å². The summed E-state index contributed by atoms with van der Waals surface area (Å²) < 4.78 is 5.42. The standard InChI is InChI=1S/C18H19ClN2O4/c1-10-4-13(22)7-16(23)15(10)8-20-21-17(24)9-25-14-5-11(2)18(19)12(3)6-14/h4-8,22-23H,9H2,1-3H3,(H,21,24)/b20-8-. The minimum absolute atomic E-state index is 0.0434. The van der Waals surface area contributed by atoms with Crippen molar-refractivity contribution in [2.45, 2.75) is 20.8 Å². The van der Waals surface area contributed by atoms with Crippen LogP contribution in [0.2, 0.25) is 5.02 Å². The molecule has 0 fully saturated rings. The number of hydrogen-bond donors (Lipinski definition) is 3. The Morgan fingerprint density at radius 1 is 1.16 bits per heavy atom. The van der Waals surface area contributed by atoms with Crippen LogP contribution in [0, 0.1) is 20.8 Å². The molecule has 0 saturated carbocycles. The van der Waals surface area contributed by atoms with Crippen LogP contribution in [0.3, 0.4) is 0 Å². The summed E-state index contributed by atoms with van der Waals surface area (Å²) in [4.78, 5) is 11.8. The molecule has 25 heavy (non-hydrogen) atoms. The number of carbonyl (C=O) groups excluding carboxylic acids is 1. The van der Waals surface area contributed by atoms with Gasteiger partial charge in [-0.15, -0.1) is 0 Å². The highest BCUT2D eigenvalue weighted by atomic mass is 35.5. The van der Waals surface area contributed by atoms with Crippen LogP contribution >= 0.6 is 11.6 Å². The van der Waals surface area contributed by atoms with Gasteiger partial charge in [-0.05, 0) is 55.7 Å². The largest absolute Gasteiger partial charge is 0.508 e. The number of aryl methyl sites for hydroxylation is 3. The quantitative estimate of drug-likeness (QED) is 0.562. The van der Waals surface area contributed by atoms with Crippen molar-refractivity contribution in [1.82, 2.24) is 5.43 Å². The average Bonchev–Trinajstić information content (AvgIpc) is 2.52. The Balaban J connectivity index is 1.93. The molecule has 7 heteroatoms. The third-order valence-corrected chi connectivity index (χ3v) is 4.11. The van der Waals surface area contributed by atoms with Crippen molar-refractivity contribution in [3.63, 3.8) is 0 Å². The summed E-state index contributed by atoms with van der Waals surface area (Å²) in [7, 11) is 0. The van der Waals surface area contributed by atoms with Gasteiger partial charge in [0, 0.05) is 16.7 Å². The van der Waals surface area contributed by atoms with Crippen molar-refractivity contribution in [1.29, 1.82) is 0 Å². The summed E-state index contributed by atoms with van der Waals surface area (Å²) in [5.41, 5.74) is 5.08. The molecule has 6 nitrogen and oxygen atoms in total. The SMILES string of the molecule is Cc1cc(OCC(=O)N/N=C\c2c(C)cc(O)cc2O)cc(C)c1Cl. The van der Waals surface area contributed by atoms with E-state index >= 15 is 0 Å². The van der Waals surface area contributed by atoms with Gasteiger partial charge in [-0.2, -0.15) is 5.10 Å². The van der Waals surface area contributed by atoms with Crippen LogP contribution < -0.4 is 10.2 Å². The van der Waals surface area contributed by atoms with Crippen molar-refractivity contribution >= 4 is 23.7 Å². The number of rotatable bonds is 5. The summed E-state index contributed by atoms with van der Waals surface area (Å²) in [6, 6.07) is 6.19. The molecule has 0 aliphatic heterocycles. The summed E-state index contributed by atoms with van der Waals surface area (Å²) in [6.07, 6.45) is 1.30. The van der Waals surface area contributed by atoms with Crippen LogP contribution in [-0.2, 0) is 4.79 Å². The van der Waals surface area contributed by atoms with Gasteiger partial charge in [0.1, 0.15) is 17.2 Å². The van der Waals surface area contributed by atoms with Crippen LogP contribution in [0.1, 0.15) is 22.3 Å². The van der Waals surface area contributed by atoms with Crippen molar-refractivity contribution < 1.29 is 19.7 Å². The van der Waals surface area contributed by atoms with E-state index in [1.165, 1.54) is 18.3 Å². The number of phenolic OH excluding ortho intramolecular Hbond substituents is 2. The minimum Gasteiger partial charge on any atom is -0.508 e. The van der Waals surface area contributed by atoms with Gasteiger partial charge in [0.05, 0.1) is 6.21 Å². The normalized spacial score (nSPS) is 10.9. The second-order valence-electron chi connectivity index (χ2n) is 5.65. The first-order valence-electron chi connectivity index (χ1n) is 7.52. The number of hydrogen-bond acceptors (Lipinski definition) is 5. The lowest BCUT2D eigenvalue weighted by atomic mass is 10.1. The van der Waals surface area contributed by atoms with Crippen molar-refractivity contribution in [2.24, 2.45) is 5.10 Å². The van der Waals surface area contributed by atoms with E-state index in [2.05, 4.69) is 10.5 Å².